The van der Waals surface area contributed by atoms with Crippen LogP contribution in [0.2, 0.25) is 0 Å². The number of hydrogen-bond acceptors (Lipinski definition) is 0. The van der Waals surface area contributed by atoms with E-state index >= 15 is 0 Å². The molecule has 0 aromatic heterocycles. The molecule has 0 amide bonds. The van der Waals surface area contributed by atoms with Crippen LogP contribution < -0.4 is 0 Å². The van der Waals surface area contributed by atoms with E-state index in [0.29, 0.717) is 12.8 Å². The van der Waals surface area contributed by atoms with Crippen molar-refractivity contribution in [2.24, 2.45) is 0 Å². The Labute approximate surface area is 36.7 Å². The third kappa shape index (κ3) is 0.445. The maximum absolute atomic E-state index is 12.1. The van der Waals surface area contributed by atoms with Gasteiger partial charge in [0.2, 0.25) is 0 Å². The minimum Gasteiger partial charge on any atom is -0.239 e. The molecule has 0 aromatic rings. The van der Waals surface area contributed by atoms with Crippen LogP contribution >= 0.6 is 0 Å². The third-order valence-corrected chi connectivity index (χ3v) is 1.09. The second-order valence-corrected chi connectivity index (χ2v) is 1.74. The summed E-state index contributed by atoms with van der Waals surface area (Å²) in [6, 6.07) is 0. The fourth-order valence-corrected chi connectivity index (χ4v) is 0.324. The van der Waals surface area contributed by atoms with Crippen molar-refractivity contribution in [1.82, 2.24) is 0 Å². The van der Waals surface area contributed by atoms with Gasteiger partial charge < -0.3 is 0 Å². The largest absolute Gasteiger partial charge is 0.239 e. The summed E-state index contributed by atoms with van der Waals surface area (Å²) < 4.78 is 12.1. The molecule has 34 valence electrons. The molecule has 1 aliphatic carbocycles. The van der Waals surface area contributed by atoms with Gasteiger partial charge in [0, 0.05) is 0 Å². The molecule has 0 radical (unpaired) electrons. The minimum atomic E-state index is -0.944. The molecule has 0 N–H and O–H groups in total. The Kier molecular flexibility index (Phi) is 0.536. The van der Waals surface area contributed by atoms with Crippen LogP contribution in [0.15, 0.2) is 12.7 Å². The second-order valence-electron chi connectivity index (χ2n) is 1.74. The number of hydrogen-bond donors (Lipinski definition) is 0. The van der Waals surface area contributed by atoms with Crippen molar-refractivity contribution in [3.63, 3.8) is 0 Å². The van der Waals surface area contributed by atoms with Gasteiger partial charge in [-0.1, -0.05) is 12.7 Å². The normalized spacial score (nSPS) is 26.2. The van der Waals surface area contributed by atoms with Crippen LogP contribution in [-0.4, -0.2) is 5.67 Å². The van der Waals surface area contributed by atoms with E-state index in [-0.39, 0.29) is 0 Å². The van der Waals surface area contributed by atoms with E-state index < -0.39 is 5.67 Å². The molecule has 1 fully saturated rings. The van der Waals surface area contributed by atoms with Crippen LogP contribution in [0.4, 0.5) is 4.39 Å². The summed E-state index contributed by atoms with van der Waals surface area (Å²) in [5, 5.41) is 0. The van der Waals surface area contributed by atoms with Gasteiger partial charge in [0.1, 0.15) is 5.67 Å². The van der Waals surface area contributed by atoms with Gasteiger partial charge in [-0.2, -0.15) is 0 Å². The molecule has 1 aliphatic rings. The number of alkyl halides is 1. The average Bonchev–Trinajstić information content (AvgIpc) is 2.22. The van der Waals surface area contributed by atoms with Crippen molar-refractivity contribution in [1.29, 1.82) is 0 Å². The van der Waals surface area contributed by atoms with Gasteiger partial charge in [0.15, 0.2) is 0 Å². The number of rotatable bonds is 1. The van der Waals surface area contributed by atoms with Crippen molar-refractivity contribution in [3.05, 3.63) is 12.7 Å². The van der Waals surface area contributed by atoms with Crippen LogP contribution in [0.1, 0.15) is 12.8 Å². The summed E-state index contributed by atoms with van der Waals surface area (Å²) in [6.07, 6.45) is 2.76. The number of allylic oxidation sites excluding steroid dienone is 1. The van der Waals surface area contributed by atoms with Gasteiger partial charge in [0.25, 0.3) is 0 Å². The van der Waals surface area contributed by atoms with Crippen LogP contribution in [0.25, 0.3) is 0 Å². The molecular formula is C5H7F. The van der Waals surface area contributed by atoms with Crippen LogP contribution in [0.3, 0.4) is 0 Å². The van der Waals surface area contributed by atoms with Gasteiger partial charge in [-0.3, -0.25) is 0 Å². The first kappa shape index (κ1) is 3.85. The SMILES string of the molecule is C=CC1(F)CC1. The first-order chi connectivity index (χ1) is 2.77. The third-order valence-electron chi connectivity index (χ3n) is 1.09. The predicted octanol–water partition coefficient (Wildman–Crippen LogP) is 1.67. The Morgan fingerprint density at radius 3 is 2.17 bits per heavy atom. The van der Waals surface area contributed by atoms with E-state index in [9.17, 15) is 4.39 Å². The van der Waals surface area contributed by atoms with E-state index in [4.69, 9.17) is 0 Å². The lowest BCUT2D eigenvalue weighted by Crippen LogP contribution is -1.87. The quantitative estimate of drug-likeness (QED) is 0.426. The summed E-state index contributed by atoms with van der Waals surface area (Å²) in [7, 11) is 0. The summed E-state index contributed by atoms with van der Waals surface area (Å²) >= 11 is 0. The molecule has 0 atom stereocenters. The van der Waals surface area contributed by atoms with Gasteiger partial charge >= 0.3 is 0 Å². The molecule has 0 aromatic carbocycles. The van der Waals surface area contributed by atoms with Gasteiger partial charge in [-0.25, -0.2) is 4.39 Å². The summed E-state index contributed by atoms with van der Waals surface area (Å²) in [5.41, 5.74) is -0.944. The molecule has 6 heavy (non-hydrogen) atoms. The van der Waals surface area contributed by atoms with Crippen molar-refractivity contribution in [2.45, 2.75) is 18.5 Å². The maximum atomic E-state index is 12.1. The number of halogens is 1. The topological polar surface area (TPSA) is 0 Å². The second kappa shape index (κ2) is 0.837. The van der Waals surface area contributed by atoms with Crippen molar-refractivity contribution in [2.75, 3.05) is 0 Å². The predicted molar refractivity (Wildman–Crippen MR) is 23.3 cm³/mol. The Hall–Kier alpha value is -0.330. The van der Waals surface area contributed by atoms with E-state index in [0.717, 1.165) is 0 Å². The molecule has 1 rings (SSSR count). The minimum absolute atomic E-state index is 0.691. The molecule has 1 saturated carbocycles. The average molecular weight is 86.1 g/mol. The Bertz CT molecular complexity index is 72.0. The molecule has 0 saturated heterocycles. The summed E-state index contributed by atoms with van der Waals surface area (Å²) in [6.45, 7) is 3.32. The smallest absolute Gasteiger partial charge is 0.129 e. The molecule has 0 bridgehead atoms. The van der Waals surface area contributed by atoms with E-state index in [2.05, 4.69) is 6.58 Å². The fraction of sp³-hybridized carbons (Fsp3) is 0.600. The molecule has 0 aliphatic heterocycles. The highest BCUT2D eigenvalue weighted by Crippen LogP contribution is 2.40. The van der Waals surface area contributed by atoms with E-state index in [1.54, 1.807) is 0 Å². The zero-order valence-electron chi connectivity index (χ0n) is 3.58. The fourth-order valence-electron chi connectivity index (χ4n) is 0.324. The highest BCUT2D eigenvalue weighted by Gasteiger charge is 2.39. The van der Waals surface area contributed by atoms with E-state index in [1.807, 2.05) is 0 Å². The molecule has 0 nitrogen and oxygen atoms in total. The molecule has 0 spiro atoms. The zero-order chi connectivity index (χ0) is 4.62. The summed E-state index contributed by atoms with van der Waals surface area (Å²) in [4.78, 5) is 0. The van der Waals surface area contributed by atoms with Crippen molar-refractivity contribution >= 4 is 0 Å². The van der Waals surface area contributed by atoms with E-state index in [1.165, 1.54) is 6.08 Å². The van der Waals surface area contributed by atoms with Gasteiger partial charge in [-0.15, -0.1) is 0 Å². The first-order valence-corrected chi connectivity index (χ1v) is 2.09. The standard InChI is InChI=1S/C5H7F/c1-2-5(6)3-4-5/h2H,1,3-4H2. The lowest BCUT2D eigenvalue weighted by atomic mass is 10.4. The first-order valence-electron chi connectivity index (χ1n) is 2.09. The Morgan fingerprint density at radius 2 is 2.17 bits per heavy atom. The Morgan fingerprint density at radius 1 is 1.67 bits per heavy atom. The van der Waals surface area contributed by atoms with Gasteiger partial charge in [-0.05, 0) is 12.8 Å². The molecule has 1 heteroatoms. The monoisotopic (exact) mass is 86.1 g/mol. The van der Waals surface area contributed by atoms with Crippen LogP contribution in [0, 0.1) is 0 Å². The lowest BCUT2D eigenvalue weighted by molar-refractivity contribution is 0.381. The van der Waals surface area contributed by atoms with Crippen LogP contribution in [-0.2, 0) is 0 Å². The Balaban J connectivity index is 2.47. The molecule has 0 unspecified atom stereocenters. The highest BCUT2D eigenvalue weighted by atomic mass is 19.1. The van der Waals surface area contributed by atoms with Gasteiger partial charge in [0.05, 0.1) is 0 Å². The molecular weight excluding hydrogens is 79.1 g/mol. The maximum Gasteiger partial charge on any atom is 0.129 e. The zero-order valence-corrected chi connectivity index (χ0v) is 3.58. The van der Waals surface area contributed by atoms with Crippen molar-refractivity contribution < 1.29 is 4.39 Å². The highest BCUT2D eigenvalue weighted by molar-refractivity contribution is 5.07. The van der Waals surface area contributed by atoms with Crippen LogP contribution in [0.5, 0.6) is 0 Å². The summed E-state index contributed by atoms with van der Waals surface area (Å²) in [5.74, 6) is 0. The lowest BCUT2D eigenvalue weighted by Gasteiger charge is -1.85. The molecule has 0 heterocycles. The van der Waals surface area contributed by atoms with Crippen molar-refractivity contribution in [3.8, 4) is 0 Å².